The van der Waals surface area contributed by atoms with Crippen LogP contribution in [0, 0.1) is 17.2 Å². The number of halogens is 2. The third-order valence-electron chi connectivity index (χ3n) is 8.63. The number of aliphatic imine (C=N–C) groups is 1. The summed E-state index contributed by atoms with van der Waals surface area (Å²) in [4.78, 5) is 16.3. The molecule has 0 bridgehead atoms. The number of aromatic nitrogens is 2. The summed E-state index contributed by atoms with van der Waals surface area (Å²) in [6.45, 7) is 3.97. The number of hydrogen-bond donors (Lipinski definition) is 3. The van der Waals surface area contributed by atoms with Gasteiger partial charge in [-0.05, 0) is 44.1 Å². The normalized spacial score (nSPS) is 30.6. The molecule has 4 aliphatic rings. The van der Waals surface area contributed by atoms with Gasteiger partial charge in [0.25, 0.3) is 0 Å². The van der Waals surface area contributed by atoms with E-state index >= 15 is 0 Å². The molecule has 2 aromatic heterocycles. The van der Waals surface area contributed by atoms with Gasteiger partial charge in [-0.1, -0.05) is 47.6 Å². The van der Waals surface area contributed by atoms with Crippen LogP contribution in [0.25, 0.3) is 11.3 Å². The predicted octanol–water partition coefficient (Wildman–Crippen LogP) is 5.51. The Balaban J connectivity index is 1.54. The smallest absolute Gasteiger partial charge is 0.344 e. The molecule has 0 amide bonds. The van der Waals surface area contributed by atoms with Gasteiger partial charge in [-0.2, -0.15) is 4.99 Å². The SMILES string of the molecule is CC1CCC(C[N+]2(O)C(N3CCO[C@@H]4CCC[C@H]43)=Nc3c(Cl)c(C(=N)N)nc(-c4cncc(Cl)c4)c32)CC1. The van der Waals surface area contributed by atoms with E-state index in [9.17, 15) is 5.21 Å². The maximum atomic E-state index is 12.8. The number of nitrogens with zero attached hydrogens (tertiary/aromatic N) is 5. The fourth-order valence-corrected chi connectivity index (χ4v) is 7.16. The molecular weight excluding hydrogens is 525 g/mol. The molecule has 2 aromatic rings. The minimum Gasteiger partial charge on any atom is -0.382 e. The summed E-state index contributed by atoms with van der Waals surface area (Å²) in [5, 5.41) is 21.6. The van der Waals surface area contributed by atoms with Crippen LogP contribution in [0.2, 0.25) is 10.0 Å². The van der Waals surface area contributed by atoms with Gasteiger partial charge in [-0.3, -0.25) is 10.4 Å². The molecule has 6 rings (SSSR count). The number of hydroxylamine groups is 2. The fraction of sp³-hybridized carbons (Fsp3) is 0.556. The standard InChI is InChI=1S/C27H34Cl2N7O2/c1-15-5-7-16(8-6-15)14-36(37)25-22(17-11-18(28)13-32-12-17)33-24(26(30)31)21(29)23(25)34-27(36)35-9-10-38-20-4-2-3-19(20)35/h11-13,15-16,19-20,37H,2-10,14H2,1H3,(H3,30,31)/q+1/t15?,16?,19-,20-,36?/m1/s1. The van der Waals surface area contributed by atoms with Crippen LogP contribution in [-0.4, -0.2) is 63.7 Å². The quantitative estimate of drug-likeness (QED) is 0.258. The van der Waals surface area contributed by atoms with Crippen molar-refractivity contribution < 1.29 is 9.94 Å². The van der Waals surface area contributed by atoms with Crippen molar-refractivity contribution in [2.45, 2.75) is 64.0 Å². The number of ether oxygens (including phenoxy) is 1. The molecule has 3 atom stereocenters. The number of pyridine rings is 2. The van der Waals surface area contributed by atoms with Crippen LogP contribution >= 0.6 is 23.2 Å². The predicted molar refractivity (Wildman–Crippen MR) is 149 cm³/mol. The summed E-state index contributed by atoms with van der Waals surface area (Å²) in [6.07, 6.45) is 10.7. The summed E-state index contributed by atoms with van der Waals surface area (Å²) in [5.41, 5.74) is 8.00. The van der Waals surface area contributed by atoms with Crippen molar-refractivity contribution >= 4 is 46.4 Å². The van der Waals surface area contributed by atoms with E-state index < -0.39 is 4.65 Å². The van der Waals surface area contributed by atoms with Crippen molar-refractivity contribution in [1.82, 2.24) is 19.5 Å². The Labute approximate surface area is 232 Å². The van der Waals surface area contributed by atoms with Gasteiger partial charge in [0.2, 0.25) is 5.69 Å². The summed E-state index contributed by atoms with van der Waals surface area (Å²) in [6, 6.07) is 1.89. The first-order valence-corrected chi connectivity index (χ1v) is 14.3. The van der Waals surface area contributed by atoms with E-state index in [1.165, 1.54) is 0 Å². The highest BCUT2D eigenvalue weighted by molar-refractivity contribution is 6.37. The molecule has 0 spiro atoms. The van der Waals surface area contributed by atoms with Gasteiger partial charge in [0.15, 0.2) is 5.69 Å². The van der Waals surface area contributed by atoms with Crippen LogP contribution in [0.3, 0.4) is 0 Å². The summed E-state index contributed by atoms with van der Waals surface area (Å²) in [7, 11) is 0. The number of guanidine groups is 1. The zero-order chi connectivity index (χ0) is 26.6. The number of hydrogen-bond acceptors (Lipinski definition) is 7. The van der Waals surface area contributed by atoms with E-state index in [-0.39, 0.29) is 28.7 Å². The molecule has 38 heavy (non-hydrogen) atoms. The molecule has 1 unspecified atom stereocenters. The third kappa shape index (κ3) is 4.38. The Morgan fingerprint density at radius 1 is 1.21 bits per heavy atom. The van der Waals surface area contributed by atoms with E-state index in [0.29, 0.717) is 65.1 Å². The lowest BCUT2D eigenvalue weighted by atomic mass is 9.82. The monoisotopic (exact) mass is 558 g/mol. The maximum Gasteiger partial charge on any atom is 0.344 e. The Bertz CT molecular complexity index is 1300. The lowest BCUT2D eigenvalue weighted by Gasteiger charge is -2.42. The van der Waals surface area contributed by atoms with Crippen LogP contribution < -0.4 is 10.4 Å². The Morgan fingerprint density at radius 3 is 2.74 bits per heavy atom. The molecular formula is C27H34Cl2N7O2+. The van der Waals surface area contributed by atoms with Crippen molar-refractivity contribution in [3.63, 3.8) is 0 Å². The topological polar surface area (TPSA) is 121 Å². The van der Waals surface area contributed by atoms with Crippen LogP contribution in [0.5, 0.6) is 0 Å². The second-order valence-electron chi connectivity index (χ2n) is 11.2. The highest BCUT2D eigenvalue weighted by Crippen LogP contribution is 2.52. The van der Waals surface area contributed by atoms with E-state index in [1.807, 2.05) is 0 Å². The molecule has 2 aliphatic carbocycles. The highest BCUT2D eigenvalue weighted by Gasteiger charge is 2.55. The number of nitrogens with one attached hydrogen (secondary N) is 1. The first kappa shape index (κ1) is 26.0. The molecule has 4 heterocycles. The molecule has 4 N–H and O–H groups in total. The second kappa shape index (κ2) is 10.0. The highest BCUT2D eigenvalue weighted by atomic mass is 35.5. The minimum atomic E-state index is -0.496. The molecule has 2 saturated carbocycles. The number of morpholine rings is 1. The van der Waals surface area contributed by atoms with E-state index in [0.717, 1.165) is 44.9 Å². The molecule has 0 radical (unpaired) electrons. The van der Waals surface area contributed by atoms with Gasteiger partial charge in [0, 0.05) is 30.4 Å². The van der Waals surface area contributed by atoms with Crippen molar-refractivity contribution in [3.8, 4) is 11.3 Å². The fourth-order valence-electron chi connectivity index (χ4n) is 6.71. The van der Waals surface area contributed by atoms with Crippen molar-refractivity contribution in [2.75, 3.05) is 19.7 Å². The molecule has 9 nitrogen and oxygen atoms in total. The third-order valence-corrected chi connectivity index (χ3v) is 9.20. The van der Waals surface area contributed by atoms with Crippen LogP contribution in [0.1, 0.15) is 57.6 Å². The molecule has 202 valence electrons. The molecule has 11 heteroatoms. The molecule has 2 aliphatic heterocycles. The minimum absolute atomic E-state index is 0.122. The number of nitrogen functional groups attached to an aromatic ring is 1. The summed E-state index contributed by atoms with van der Waals surface area (Å²) < 4.78 is 5.59. The lowest BCUT2D eigenvalue weighted by molar-refractivity contribution is -0.0656. The largest absolute Gasteiger partial charge is 0.382 e. The summed E-state index contributed by atoms with van der Waals surface area (Å²) >= 11 is 13.2. The zero-order valence-electron chi connectivity index (χ0n) is 21.5. The molecule has 3 fully saturated rings. The Hall–Kier alpha value is -2.30. The second-order valence-corrected chi connectivity index (χ2v) is 12.0. The van der Waals surface area contributed by atoms with Gasteiger partial charge in [-0.25, -0.2) is 10.2 Å². The van der Waals surface area contributed by atoms with Crippen molar-refractivity contribution in [3.05, 3.63) is 34.2 Å². The van der Waals surface area contributed by atoms with Crippen LogP contribution in [0.15, 0.2) is 23.5 Å². The first-order chi connectivity index (χ1) is 18.3. The number of rotatable bonds is 4. The van der Waals surface area contributed by atoms with Crippen LogP contribution in [0.4, 0.5) is 11.4 Å². The lowest BCUT2D eigenvalue weighted by Crippen LogP contribution is -2.64. The molecule has 0 aromatic carbocycles. The number of fused-ring (bicyclic) bond motifs is 2. The number of amidine groups is 1. The van der Waals surface area contributed by atoms with Gasteiger partial charge in [0.1, 0.15) is 28.8 Å². The van der Waals surface area contributed by atoms with E-state index in [2.05, 4.69) is 16.8 Å². The maximum absolute atomic E-state index is 12.8. The Kier molecular flexibility index (Phi) is 6.85. The summed E-state index contributed by atoms with van der Waals surface area (Å²) in [5.74, 6) is 1.29. The average Bonchev–Trinajstić information content (AvgIpc) is 3.49. The van der Waals surface area contributed by atoms with Gasteiger partial charge >= 0.3 is 5.96 Å². The number of nitrogens with two attached hydrogens (primary N) is 1. The van der Waals surface area contributed by atoms with E-state index in [4.69, 9.17) is 49.1 Å². The van der Waals surface area contributed by atoms with Crippen molar-refractivity contribution in [2.24, 2.45) is 22.6 Å². The van der Waals surface area contributed by atoms with Crippen molar-refractivity contribution in [1.29, 1.82) is 5.41 Å². The van der Waals surface area contributed by atoms with E-state index in [1.54, 1.807) is 18.5 Å². The van der Waals surface area contributed by atoms with Crippen LogP contribution in [-0.2, 0) is 4.74 Å². The van der Waals surface area contributed by atoms with Gasteiger partial charge in [-0.15, -0.1) is 0 Å². The Morgan fingerprint density at radius 2 is 2.00 bits per heavy atom. The zero-order valence-corrected chi connectivity index (χ0v) is 23.0. The van der Waals surface area contributed by atoms with Gasteiger partial charge < -0.3 is 15.4 Å². The first-order valence-electron chi connectivity index (χ1n) is 13.5. The number of quaternary nitrogens is 1. The van der Waals surface area contributed by atoms with Gasteiger partial charge in [0.05, 0.1) is 23.8 Å². The molecule has 1 saturated heterocycles. The average molecular weight is 560 g/mol.